The van der Waals surface area contributed by atoms with Gasteiger partial charge in [-0.3, -0.25) is 4.79 Å². The highest BCUT2D eigenvalue weighted by Gasteiger charge is 2.25. The summed E-state index contributed by atoms with van der Waals surface area (Å²) in [5.41, 5.74) is 1.07. The van der Waals surface area contributed by atoms with Crippen molar-refractivity contribution in [3.05, 3.63) is 29.8 Å². The third kappa shape index (κ3) is 6.13. The largest absolute Gasteiger partial charge is 0.497 e. The van der Waals surface area contributed by atoms with Crippen LogP contribution >= 0.6 is 12.4 Å². The lowest BCUT2D eigenvalue weighted by Gasteiger charge is -2.29. The summed E-state index contributed by atoms with van der Waals surface area (Å²) in [5, 5.41) is 3.36. The van der Waals surface area contributed by atoms with Gasteiger partial charge in [0, 0.05) is 38.7 Å². The summed E-state index contributed by atoms with van der Waals surface area (Å²) < 4.78 is 16.5. The van der Waals surface area contributed by atoms with Gasteiger partial charge in [-0.1, -0.05) is 12.1 Å². The van der Waals surface area contributed by atoms with E-state index in [1.54, 1.807) is 7.11 Å². The number of morpholine rings is 1. The molecule has 2 atom stereocenters. The zero-order valence-electron chi connectivity index (χ0n) is 15.3. The summed E-state index contributed by atoms with van der Waals surface area (Å²) in [6.07, 6.45) is 2.69. The number of ether oxygens (including phenoxy) is 3. The molecular weight excluding hydrogens is 356 g/mol. The Morgan fingerprint density at radius 2 is 2.27 bits per heavy atom. The molecule has 2 aliphatic rings. The van der Waals surface area contributed by atoms with Gasteiger partial charge in [-0.25, -0.2) is 0 Å². The molecule has 1 aromatic carbocycles. The smallest absolute Gasteiger partial charge is 0.224 e. The summed E-state index contributed by atoms with van der Waals surface area (Å²) in [5.74, 6) is 0.950. The molecule has 0 radical (unpaired) electrons. The van der Waals surface area contributed by atoms with Crippen molar-refractivity contribution in [1.82, 2.24) is 10.2 Å². The van der Waals surface area contributed by atoms with Crippen LogP contribution in [0.3, 0.4) is 0 Å². The minimum atomic E-state index is 0. The number of rotatable bonds is 7. The van der Waals surface area contributed by atoms with Crippen molar-refractivity contribution in [3.63, 3.8) is 0 Å². The number of carbonyl (C=O) groups is 1. The van der Waals surface area contributed by atoms with Crippen molar-refractivity contribution in [2.45, 2.75) is 38.0 Å². The van der Waals surface area contributed by atoms with E-state index in [0.717, 1.165) is 37.3 Å². The zero-order valence-corrected chi connectivity index (χ0v) is 16.1. The van der Waals surface area contributed by atoms with Crippen LogP contribution < -0.4 is 10.1 Å². The number of nitrogens with zero attached hydrogens (tertiary/aromatic N) is 1. The molecule has 0 spiro atoms. The molecule has 2 unspecified atom stereocenters. The van der Waals surface area contributed by atoms with Crippen LogP contribution in [-0.2, 0) is 20.8 Å². The van der Waals surface area contributed by atoms with Crippen LogP contribution in [0.25, 0.3) is 0 Å². The molecule has 0 aromatic heterocycles. The van der Waals surface area contributed by atoms with Crippen molar-refractivity contribution >= 4 is 18.3 Å². The minimum absolute atomic E-state index is 0. The number of carbonyl (C=O) groups excluding carboxylic acids is 1. The number of methoxy groups -OCH3 is 1. The monoisotopic (exact) mass is 384 g/mol. The second-order valence-electron chi connectivity index (χ2n) is 6.69. The minimum Gasteiger partial charge on any atom is -0.497 e. The molecule has 1 N–H and O–H groups in total. The molecule has 6 nitrogen and oxygen atoms in total. The fourth-order valence-electron chi connectivity index (χ4n) is 3.37. The third-order valence-corrected chi connectivity index (χ3v) is 4.73. The predicted octanol–water partition coefficient (Wildman–Crippen LogP) is 2.00. The van der Waals surface area contributed by atoms with Crippen LogP contribution in [0.1, 0.15) is 24.8 Å². The number of hydrogen-bond donors (Lipinski definition) is 1. The van der Waals surface area contributed by atoms with Gasteiger partial charge in [0.1, 0.15) is 5.75 Å². The van der Waals surface area contributed by atoms with E-state index >= 15 is 0 Å². The quantitative estimate of drug-likeness (QED) is 0.779. The Labute approximate surface area is 161 Å². The van der Waals surface area contributed by atoms with Gasteiger partial charge in [-0.15, -0.1) is 12.4 Å². The van der Waals surface area contributed by atoms with Gasteiger partial charge in [0.15, 0.2) is 0 Å². The second kappa shape index (κ2) is 10.7. The maximum absolute atomic E-state index is 12.9. The number of benzene rings is 1. The van der Waals surface area contributed by atoms with Gasteiger partial charge in [0.2, 0.25) is 5.91 Å². The van der Waals surface area contributed by atoms with Crippen molar-refractivity contribution in [1.29, 1.82) is 0 Å². The molecule has 2 fully saturated rings. The second-order valence-corrected chi connectivity index (χ2v) is 6.69. The Balaban J connectivity index is 0.00000243. The first-order chi connectivity index (χ1) is 12.2. The van der Waals surface area contributed by atoms with E-state index in [4.69, 9.17) is 14.2 Å². The topological polar surface area (TPSA) is 60.0 Å². The Hall–Kier alpha value is -1.34. The highest BCUT2D eigenvalue weighted by molar-refractivity contribution is 5.85. The fraction of sp³-hybridized carbons (Fsp3) is 0.632. The molecule has 26 heavy (non-hydrogen) atoms. The molecule has 3 rings (SSSR count). The standard InChI is InChI=1S/C19H28N2O4.ClH/c1-23-17-5-2-4-15(10-17)12-21(13-18-6-3-8-25-18)19(22)11-16-14-24-9-7-20-16;/h2,4-5,10,16,18,20H,3,6-9,11-14H2,1H3;1H. The molecule has 2 saturated heterocycles. The van der Waals surface area contributed by atoms with Crippen molar-refractivity contribution in [2.24, 2.45) is 0 Å². The maximum Gasteiger partial charge on any atom is 0.224 e. The van der Waals surface area contributed by atoms with Crippen LogP contribution in [0.2, 0.25) is 0 Å². The van der Waals surface area contributed by atoms with Gasteiger partial charge in [-0.05, 0) is 30.5 Å². The average molecular weight is 385 g/mol. The Bertz CT molecular complexity index is 560. The van der Waals surface area contributed by atoms with Crippen LogP contribution in [0.5, 0.6) is 5.75 Å². The van der Waals surface area contributed by atoms with E-state index in [-0.39, 0.29) is 30.5 Å². The van der Waals surface area contributed by atoms with E-state index in [0.29, 0.717) is 32.7 Å². The predicted molar refractivity (Wildman–Crippen MR) is 102 cm³/mol. The van der Waals surface area contributed by atoms with Crippen molar-refractivity contribution in [3.8, 4) is 5.75 Å². The number of nitrogens with one attached hydrogen (secondary N) is 1. The molecule has 2 aliphatic heterocycles. The van der Waals surface area contributed by atoms with E-state index < -0.39 is 0 Å². The summed E-state index contributed by atoms with van der Waals surface area (Å²) in [6, 6.07) is 7.98. The molecule has 0 aliphatic carbocycles. The van der Waals surface area contributed by atoms with E-state index in [9.17, 15) is 4.79 Å². The van der Waals surface area contributed by atoms with Crippen LogP contribution in [-0.4, -0.2) is 63.0 Å². The molecule has 7 heteroatoms. The molecule has 0 bridgehead atoms. The van der Waals surface area contributed by atoms with Crippen molar-refractivity contribution in [2.75, 3.05) is 40.0 Å². The number of amides is 1. The lowest BCUT2D eigenvalue weighted by atomic mass is 10.1. The molecule has 1 amide bonds. The van der Waals surface area contributed by atoms with Crippen LogP contribution in [0, 0.1) is 0 Å². The van der Waals surface area contributed by atoms with Gasteiger partial charge < -0.3 is 24.4 Å². The summed E-state index contributed by atoms with van der Waals surface area (Å²) in [6.45, 7) is 4.13. The Morgan fingerprint density at radius 3 is 2.96 bits per heavy atom. The van der Waals surface area contributed by atoms with E-state index in [2.05, 4.69) is 5.32 Å². The van der Waals surface area contributed by atoms with Crippen LogP contribution in [0.15, 0.2) is 24.3 Å². The lowest BCUT2D eigenvalue weighted by Crippen LogP contribution is -2.46. The normalized spacial score (nSPS) is 22.5. The molecular formula is C19H29ClN2O4. The molecule has 1 aromatic rings. The Morgan fingerprint density at radius 1 is 1.38 bits per heavy atom. The average Bonchev–Trinajstić information content (AvgIpc) is 3.15. The summed E-state index contributed by atoms with van der Waals surface area (Å²) >= 11 is 0. The van der Waals surface area contributed by atoms with Crippen molar-refractivity contribution < 1.29 is 19.0 Å². The third-order valence-electron chi connectivity index (χ3n) is 4.73. The van der Waals surface area contributed by atoms with E-state index in [1.807, 2.05) is 29.2 Å². The SMILES string of the molecule is COc1cccc(CN(CC2CCCO2)C(=O)CC2COCCN2)c1.Cl. The molecule has 2 heterocycles. The molecule has 146 valence electrons. The Kier molecular flexibility index (Phi) is 8.65. The van der Waals surface area contributed by atoms with Crippen LogP contribution in [0.4, 0.5) is 0 Å². The van der Waals surface area contributed by atoms with Gasteiger partial charge >= 0.3 is 0 Å². The number of halogens is 1. The highest BCUT2D eigenvalue weighted by atomic mass is 35.5. The summed E-state index contributed by atoms with van der Waals surface area (Å²) in [4.78, 5) is 14.8. The number of hydrogen-bond acceptors (Lipinski definition) is 5. The first kappa shape index (κ1) is 21.0. The van der Waals surface area contributed by atoms with Gasteiger partial charge in [0.25, 0.3) is 0 Å². The first-order valence-corrected chi connectivity index (χ1v) is 9.08. The lowest BCUT2D eigenvalue weighted by molar-refractivity contribution is -0.134. The fourth-order valence-corrected chi connectivity index (χ4v) is 3.37. The highest BCUT2D eigenvalue weighted by Crippen LogP contribution is 2.19. The van der Waals surface area contributed by atoms with Gasteiger partial charge in [0.05, 0.1) is 26.4 Å². The summed E-state index contributed by atoms with van der Waals surface area (Å²) in [7, 11) is 1.66. The zero-order chi connectivity index (χ0) is 17.5. The first-order valence-electron chi connectivity index (χ1n) is 9.08. The molecule has 0 saturated carbocycles. The maximum atomic E-state index is 12.9. The van der Waals surface area contributed by atoms with E-state index in [1.165, 1.54) is 0 Å². The van der Waals surface area contributed by atoms with Gasteiger partial charge in [-0.2, -0.15) is 0 Å².